The van der Waals surface area contributed by atoms with Crippen LogP contribution in [0.2, 0.25) is 0 Å². The molecule has 1 saturated heterocycles. The van der Waals surface area contributed by atoms with Gasteiger partial charge in [0.2, 0.25) is 0 Å². The summed E-state index contributed by atoms with van der Waals surface area (Å²) in [7, 11) is 0. The number of aryl methyl sites for hydroxylation is 1. The van der Waals surface area contributed by atoms with Crippen molar-refractivity contribution in [3.63, 3.8) is 0 Å². The fraction of sp³-hybridized carbons (Fsp3) is 0.571. The molecule has 15 heavy (non-hydrogen) atoms. The maximum atomic E-state index is 5.34. The summed E-state index contributed by atoms with van der Waals surface area (Å²) in [4.78, 5) is 0. The van der Waals surface area contributed by atoms with Crippen LogP contribution in [0.3, 0.4) is 0 Å². The molecule has 1 fully saturated rings. The van der Waals surface area contributed by atoms with E-state index in [1.807, 2.05) is 13.8 Å². The van der Waals surface area contributed by atoms with Gasteiger partial charge in [-0.15, -0.1) is 0 Å². The van der Waals surface area contributed by atoms with Crippen LogP contribution in [-0.4, -0.2) is 13.2 Å². The smallest absolute Gasteiger partial charge is 0.0471 e. The zero-order valence-corrected chi connectivity index (χ0v) is 10.1. The molecular weight excluding hydrogens is 184 g/mol. The van der Waals surface area contributed by atoms with Crippen LogP contribution in [0.25, 0.3) is 0 Å². The molecule has 0 unspecified atom stereocenters. The SMILES string of the molecule is CC.Cc1ccc(C2CCOCC2)cc1. The van der Waals surface area contributed by atoms with E-state index in [-0.39, 0.29) is 0 Å². The van der Waals surface area contributed by atoms with Crippen LogP contribution in [0.4, 0.5) is 0 Å². The fourth-order valence-electron chi connectivity index (χ4n) is 1.87. The van der Waals surface area contributed by atoms with E-state index in [0.29, 0.717) is 0 Å². The highest BCUT2D eigenvalue weighted by molar-refractivity contribution is 5.24. The zero-order valence-electron chi connectivity index (χ0n) is 10.1. The normalized spacial score (nSPS) is 16.7. The number of ether oxygens (including phenoxy) is 1. The Labute approximate surface area is 93.5 Å². The highest BCUT2D eigenvalue weighted by atomic mass is 16.5. The summed E-state index contributed by atoms with van der Waals surface area (Å²) in [5, 5.41) is 0. The van der Waals surface area contributed by atoms with Gasteiger partial charge in [-0.1, -0.05) is 43.7 Å². The van der Waals surface area contributed by atoms with Gasteiger partial charge < -0.3 is 4.74 Å². The van der Waals surface area contributed by atoms with Crippen LogP contribution >= 0.6 is 0 Å². The summed E-state index contributed by atoms with van der Waals surface area (Å²) in [6, 6.07) is 8.91. The second kappa shape index (κ2) is 6.62. The molecule has 1 aliphatic heterocycles. The van der Waals surface area contributed by atoms with Crippen molar-refractivity contribution in [2.24, 2.45) is 0 Å². The lowest BCUT2D eigenvalue weighted by Gasteiger charge is -2.22. The van der Waals surface area contributed by atoms with Crippen molar-refractivity contribution in [2.45, 2.75) is 39.5 Å². The lowest BCUT2D eigenvalue weighted by Crippen LogP contribution is -2.13. The Bertz CT molecular complexity index is 257. The molecule has 0 saturated carbocycles. The minimum Gasteiger partial charge on any atom is -0.381 e. The van der Waals surface area contributed by atoms with Gasteiger partial charge >= 0.3 is 0 Å². The minimum atomic E-state index is 0.731. The average molecular weight is 206 g/mol. The quantitative estimate of drug-likeness (QED) is 0.677. The van der Waals surface area contributed by atoms with Crippen LogP contribution < -0.4 is 0 Å². The summed E-state index contributed by atoms with van der Waals surface area (Å²) in [5.41, 5.74) is 2.82. The first-order valence-electron chi connectivity index (χ1n) is 6.00. The van der Waals surface area contributed by atoms with E-state index in [4.69, 9.17) is 4.74 Å². The maximum Gasteiger partial charge on any atom is 0.0471 e. The van der Waals surface area contributed by atoms with Crippen molar-refractivity contribution in [1.82, 2.24) is 0 Å². The molecule has 0 spiro atoms. The van der Waals surface area contributed by atoms with Crippen LogP contribution in [0, 0.1) is 6.92 Å². The van der Waals surface area contributed by atoms with Crippen molar-refractivity contribution in [2.75, 3.05) is 13.2 Å². The van der Waals surface area contributed by atoms with Gasteiger partial charge in [0.1, 0.15) is 0 Å². The Kier molecular flexibility index (Phi) is 5.41. The third-order valence-electron chi connectivity index (χ3n) is 2.77. The molecule has 1 heterocycles. The third kappa shape index (κ3) is 3.67. The molecule has 1 aromatic rings. The molecule has 0 aromatic heterocycles. The highest BCUT2D eigenvalue weighted by Crippen LogP contribution is 2.26. The second-order valence-corrected chi connectivity index (χ2v) is 3.80. The first-order valence-corrected chi connectivity index (χ1v) is 6.00. The Hall–Kier alpha value is -0.820. The van der Waals surface area contributed by atoms with Gasteiger partial charge in [0.05, 0.1) is 0 Å². The van der Waals surface area contributed by atoms with Gasteiger partial charge in [-0.25, -0.2) is 0 Å². The minimum absolute atomic E-state index is 0.731. The molecule has 1 aliphatic rings. The molecule has 0 amide bonds. The average Bonchev–Trinajstić information content (AvgIpc) is 2.34. The summed E-state index contributed by atoms with van der Waals surface area (Å²) < 4.78 is 5.34. The van der Waals surface area contributed by atoms with Gasteiger partial charge in [0, 0.05) is 13.2 Å². The fourth-order valence-corrected chi connectivity index (χ4v) is 1.87. The molecule has 0 bridgehead atoms. The van der Waals surface area contributed by atoms with Gasteiger partial charge in [-0.05, 0) is 31.2 Å². The first-order chi connectivity index (χ1) is 7.36. The van der Waals surface area contributed by atoms with Crippen LogP contribution in [-0.2, 0) is 4.74 Å². The highest BCUT2D eigenvalue weighted by Gasteiger charge is 2.14. The van der Waals surface area contributed by atoms with Gasteiger partial charge in [0.15, 0.2) is 0 Å². The lowest BCUT2D eigenvalue weighted by atomic mass is 9.91. The molecule has 2 rings (SSSR count). The lowest BCUT2D eigenvalue weighted by molar-refractivity contribution is 0.0853. The molecule has 0 radical (unpaired) electrons. The standard InChI is InChI=1S/C12H16O.C2H6/c1-10-2-4-11(5-3-10)12-6-8-13-9-7-12;1-2/h2-5,12H,6-9H2,1H3;1-2H3. The van der Waals surface area contributed by atoms with Gasteiger partial charge in [-0.3, -0.25) is 0 Å². The van der Waals surface area contributed by atoms with Crippen molar-refractivity contribution in [3.05, 3.63) is 35.4 Å². The zero-order chi connectivity index (χ0) is 11.1. The van der Waals surface area contributed by atoms with Crippen molar-refractivity contribution < 1.29 is 4.74 Å². The molecule has 0 N–H and O–H groups in total. The number of benzene rings is 1. The summed E-state index contributed by atoms with van der Waals surface area (Å²) in [6.07, 6.45) is 2.37. The van der Waals surface area contributed by atoms with Gasteiger partial charge in [0.25, 0.3) is 0 Å². The molecule has 1 aromatic carbocycles. The molecule has 0 aliphatic carbocycles. The Morgan fingerprint density at radius 1 is 1.00 bits per heavy atom. The topological polar surface area (TPSA) is 9.23 Å². The van der Waals surface area contributed by atoms with E-state index >= 15 is 0 Å². The Morgan fingerprint density at radius 3 is 2.07 bits per heavy atom. The van der Waals surface area contributed by atoms with Crippen molar-refractivity contribution >= 4 is 0 Å². The third-order valence-corrected chi connectivity index (χ3v) is 2.77. The maximum absolute atomic E-state index is 5.34. The van der Waals surface area contributed by atoms with E-state index in [2.05, 4.69) is 31.2 Å². The molecule has 0 atom stereocenters. The molecule has 84 valence electrons. The second-order valence-electron chi connectivity index (χ2n) is 3.80. The van der Waals surface area contributed by atoms with Crippen LogP contribution in [0.15, 0.2) is 24.3 Å². The number of hydrogen-bond acceptors (Lipinski definition) is 1. The number of hydrogen-bond donors (Lipinski definition) is 0. The predicted octanol–water partition coefficient (Wildman–Crippen LogP) is 3.92. The predicted molar refractivity (Wildman–Crippen MR) is 65.3 cm³/mol. The molecule has 1 nitrogen and oxygen atoms in total. The van der Waals surface area contributed by atoms with E-state index in [1.54, 1.807) is 0 Å². The molecular formula is C14H22O. The Balaban J connectivity index is 0.000000531. The van der Waals surface area contributed by atoms with Gasteiger partial charge in [-0.2, -0.15) is 0 Å². The van der Waals surface area contributed by atoms with Crippen LogP contribution in [0.5, 0.6) is 0 Å². The van der Waals surface area contributed by atoms with Crippen molar-refractivity contribution in [1.29, 1.82) is 0 Å². The van der Waals surface area contributed by atoms with E-state index in [9.17, 15) is 0 Å². The summed E-state index contributed by atoms with van der Waals surface area (Å²) in [6.45, 7) is 7.99. The van der Waals surface area contributed by atoms with Crippen molar-refractivity contribution in [3.8, 4) is 0 Å². The Morgan fingerprint density at radius 2 is 1.53 bits per heavy atom. The van der Waals surface area contributed by atoms with E-state index in [0.717, 1.165) is 19.1 Å². The summed E-state index contributed by atoms with van der Waals surface area (Å²) in [5.74, 6) is 0.731. The van der Waals surface area contributed by atoms with E-state index < -0.39 is 0 Å². The monoisotopic (exact) mass is 206 g/mol. The van der Waals surface area contributed by atoms with Crippen LogP contribution in [0.1, 0.15) is 43.7 Å². The molecule has 1 heteroatoms. The van der Waals surface area contributed by atoms with E-state index in [1.165, 1.54) is 24.0 Å². The number of rotatable bonds is 1. The first kappa shape index (κ1) is 12.3. The largest absolute Gasteiger partial charge is 0.381 e. The summed E-state index contributed by atoms with van der Waals surface area (Å²) >= 11 is 0.